The zero-order valence-electron chi connectivity index (χ0n) is 12.4. The van der Waals surface area contributed by atoms with Gasteiger partial charge in [0, 0.05) is 0 Å². The molecule has 0 bridgehead atoms. The second-order valence-corrected chi connectivity index (χ2v) is 22.4. The van der Waals surface area contributed by atoms with Gasteiger partial charge in [0.25, 0.3) is 0 Å². The quantitative estimate of drug-likeness (QED) is 0.750. The van der Waals surface area contributed by atoms with E-state index in [1.54, 1.807) is 0 Å². The Bertz CT molecular complexity index is 671. The van der Waals surface area contributed by atoms with Crippen molar-refractivity contribution in [2.75, 3.05) is 5.32 Å². The van der Waals surface area contributed by atoms with E-state index in [1.165, 1.54) is 20.3 Å². The van der Waals surface area contributed by atoms with Crippen molar-refractivity contribution in [1.82, 2.24) is 0 Å². The number of para-hydroxylation sites is 1. The Morgan fingerprint density at radius 3 is 2.24 bits per heavy atom. The van der Waals surface area contributed by atoms with Gasteiger partial charge < -0.3 is 0 Å². The van der Waals surface area contributed by atoms with Crippen molar-refractivity contribution in [2.45, 2.75) is 21.7 Å². The zero-order chi connectivity index (χ0) is 15.8. The fraction of sp³-hybridized carbons (Fsp3) is 0.267. The summed E-state index contributed by atoms with van der Waals surface area (Å²) < 4.78 is 28.4. The number of rotatable bonds is 3. The Balaban J connectivity index is 2.31. The minimum absolute atomic E-state index is 0.392. The number of benzene rings is 1. The Kier molecular flexibility index (Phi) is 4.72. The monoisotopic (exact) mass is 417 g/mol. The molecular weight excluding hydrogens is 399 g/mol. The Labute approximate surface area is 131 Å². The number of anilines is 1. The van der Waals surface area contributed by atoms with Crippen molar-refractivity contribution in [3.63, 3.8) is 0 Å². The number of amides is 1. The summed E-state index contributed by atoms with van der Waals surface area (Å²) in [6, 6.07) is 5.55. The van der Waals surface area contributed by atoms with Crippen molar-refractivity contribution in [3.05, 3.63) is 46.3 Å². The van der Waals surface area contributed by atoms with E-state index >= 15 is 0 Å². The van der Waals surface area contributed by atoms with Crippen LogP contribution in [0.4, 0.5) is 14.5 Å². The average molecular weight is 416 g/mol. The van der Waals surface area contributed by atoms with Gasteiger partial charge >= 0.3 is 131 Å². The van der Waals surface area contributed by atoms with Crippen molar-refractivity contribution in [2.24, 2.45) is 0 Å². The van der Waals surface area contributed by atoms with E-state index < -0.39 is 41.6 Å². The van der Waals surface area contributed by atoms with Gasteiger partial charge in [0.2, 0.25) is 0 Å². The van der Waals surface area contributed by atoms with Crippen LogP contribution in [0.25, 0.3) is 0 Å². The standard InChI is InChI=1S/C12H8F2NOS.3CH3.Sn/c1-7-5-6-17-11(7)12(16)15-10-8(13)3-2-4-9(10)14;;;;/h2-5H,1H3,(H,15,16);3*1H3;. The molecule has 0 unspecified atom stereocenters. The van der Waals surface area contributed by atoms with E-state index in [9.17, 15) is 13.6 Å². The van der Waals surface area contributed by atoms with Crippen LogP contribution in [-0.2, 0) is 0 Å². The fourth-order valence-electron chi connectivity index (χ4n) is 1.86. The predicted molar refractivity (Wildman–Crippen MR) is 86.3 cm³/mol. The first kappa shape index (κ1) is 16.4. The first-order valence-electron chi connectivity index (χ1n) is 6.56. The van der Waals surface area contributed by atoms with Gasteiger partial charge in [-0.2, -0.15) is 0 Å². The molecule has 0 aliphatic rings. The van der Waals surface area contributed by atoms with Crippen molar-refractivity contribution in [1.29, 1.82) is 0 Å². The molecule has 0 spiro atoms. The number of carbonyl (C=O) groups excluding carboxylic acids is 1. The van der Waals surface area contributed by atoms with Crippen molar-refractivity contribution < 1.29 is 13.6 Å². The third-order valence-corrected chi connectivity index (χ3v) is 13.7. The molecule has 6 heteroatoms. The van der Waals surface area contributed by atoms with Crippen molar-refractivity contribution in [3.8, 4) is 0 Å². The zero-order valence-corrected chi connectivity index (χ0v) is 16.1. The van der Waals surface area contributed by atoms with E-state index in [1.807, 2.05) is 13.0 Å². The van der Waals surface area contributed by atoms with Gasteiger partial charge in [-0.25, -0.2) is 0 Å². The number of halogens is 2. The van der Waals surface area contributed by atoms with E-state index in [-0.39, 0.29) is 0 Å². The maximum absolute atomic E-state index is 13.6. The maximum atomic E-state index is 13.6. The number of carbonyl (C=O) groups is 1. The summed E-state index contributed by atoms with van der Waals surface area (Å²) in [5.41, 5.74) is 0.465. The first-order valence-corrected chi connectivity index (χ1v) is 17.4. The number of aryl methyl sites for hydroxylation is 1. The van der Waals surface area contributed by atoms with Crippen LogP contribution in [0.15, 0.2) is 24.3 Å². The molecule has 0 aliphatic heterocycles. The molecule has 0 saturated heterocycles. The van der Waals surface area contributed by atoms with Crippen LogP contribution in [0.3, 0.4) is 0 Å². The Morgan fingerprint density at radius 1 is 1.19 bits per heavy atom. The Morgan fingerprint density at radius 2 is 1.76 bits per heavy atom. The van der Waals surface area contributed by atoms with E-state index in [0.717, 1.165) is 17.7 Å². The van der Waals surface area contributed by atoms with E-state index in [2.05, 4.69) is 20.1 Å². The molecular formula is C15H17F2NOSSn. The van der Waals surface area contributed by atoms with Gasteiger partial charge in [0.15, 0.2) is 0 Å². The summed E-state index contributed by atoms with van der Waals surface area (Å²) >= 11 is -0.809. The van der Waals surface area contributed by atoms with E-state index in [4.69, 9.17) is 0 Å². The molecule has 112 valence electrons. The van der Waals surface area contributed by atoms with Crippen LogP contribution in [0.2, 0.25) is 14.8 Å². The third kappa shape index (κ3) is 3.63. The molecule has 2 rings (SSSR count). The van der Waals surface area contributed by atoms with Crippen LogP contribution in [0.5, 0.6) is 0 Å². The minimum atomic E-state index is -2.25. The third-order valence-electron chi connectivity index (χ3n) is 3.06. The molecule has 0 aliphatic carbocycles. The van der Waals surface area contributed by atoms with Crippen LogP contribution in [0, 0.1) is 18.6 Å². The van der Waals surface area contributed by atoms with E-state index in [0.29, 0.717) is 4.88 Å². The van der Waals surface area contributed by atoms with Gasteiger partial charge in [-0.1, -0.05) is 0 Å². The van der Waals surface area contributed by atoms with Gasteiger partial charge in [0.1, 0.15) is 0 Å². The van der Waals surface area contributed by atoms with Gasteiger partial charge in [-0.05, 0) is 0 Å². The molecule has 2 aromatic rings. The Hall–Kier alpha value is -0.951. The second kappa shape index (κ2) is 6.04. The first-order chi connectivity index (χ1) is 9.70. The summed E-state index contributed by atoms with van der Waals surface area (Å²) in [6.07, 6.45) is 0. The van der Waals surface area contributed by atoms with Gasteiger partial charge in [-0.3, -0.25) is 0 Å². The molecule has 0 radical (unpaired) electrons. The molecule has 0 saturated carbocycles. The van der Waals surface area contributed by atoms with Crippen LogP contribution < -0.4 is 8.21 Å². The topological polar surface area (TPSA) is 29.1 Å². The molecule has 2 nitrogen and oxygen atoms in total. The number of nitrogens with one attached hydrogen (secondary N) is 1. The average Bonchev–Trinajstić information content (AvgIpc) is 2.76. The second-order valence-electron chi connectivity index (χ2n) is 5.92. The van der Waals surface area contributed by atoms with Crippen LogP contribution >= 0.6 is 11.3 Å². The van der Waals surface area contributed by atoms with Gasteiger partial charge in [0.05, 0.1) is 0 Å². The van der Waals surface area contributed by atoms with Crippen molar-refractivity contribution >= 4 is 44.2 Å². The summed E-state index contributed by atoms with van der Waals surface area (Å²) in [4.78, 5) is 19.6. The molecule has 1 aromatic carbocycles. The number of hydrogen-bond acceptors (Lipinski definition) is 2. The molecule has 0 atom stereocenters. The number of hydrogen-bond donors (Lipinski definition) is 1. The summed E-state index contributed by atoms with van der Waals surface area (Å²) in [5, 5.41) is 2.35. The fourth-order valence-corrected chi connectivity index (χ4v) is 8.34. The summed E-state index contributed by atoms with van der Waals surface area (Å²) in [7, 11) is 0. The van der Waals surface area contributed by atoms with Crippen LogP contribution in [-0.4, -0.2) is 24.3 Å². The molecule has 0 fully saturated rings. The molecule has 1 N–H and O–H groups in total. The molecule has 21 heavy (non-hydrogen) atoms. The van der Waals surface area contributed by atoms with Crippen LogP contribution in [0.1, 0.15) is 15.2 Å². The molecule has 1 aromatic heterocycles. The SMILES string of the molecule is Cc1c[c]([Sn]([CH3])([CH3])[CH3])sc1C(=O)Nc1c(F)cccc1F. The summed E-state index contributed by atoms with van der Waals surface area (Å²) in [5.74, 6) is -2.00. The normalized spacial score (nSPS) is 11.5. The van der Waals surface area contributed by atoms with Gasteiger partial charge in [-0.15, -0.1) is 0 Å². The summed E-state index contributed by atoms with van der Waals surface area (Å²) in [6.45, 7) is 1.85. The molecule has 1 heterocycles. The molecule has 1 amide bonds. The number of thiophene rings is 1. The predicted octanol–water partition coefficient (Wildman–Crippen LogP) is 4.13.